The second kappa shape index (κ2) is 6.85. The maximum absolute atomic E-state index is 13.0. The number of thioether (sulfide) groups is 1. The minimum Gasteiger partial charge on any atom is -0.379 e. The van der Waals surface area contributed by atoms with Gasteiger partial charge in [0.2, 0.25) is 0 Å². The highest BCUT2D eigenvalue weighted by Gasteiger charge is 2.33. The van der Waals surface area contributed by atoms with Gasteiger partial charge in [0.25, 0.3) is 0 Å². The minimum absolute atomic E-state index is 0. The first-order chi connectivity index (χ1) is 10.8. The molecule has 0 amide bonds. The Bertz CT molecular complexity index is 725. The third-order valence-electron chi connectivity index (χ3n) is 4.67. The molecular formula is C17H21ClN2O2S. The number of ether oxygens (including phenoxy) is 1. The average Bonchev–Trinajstić information content (AvgIpc) is 2.85. The number of carbonyl (C=O) groups excluding carboxylic acids is 1. The zero-order chi connectivity index (χ0) is 15.1. The van der Waals surface area contributed by atoms with Crippen LogP contribution >= 0.6 is 24.2 Å². The van der Waals surface area contributed by atoms with Crippen molar-refractivity contribution in [1.82, 2.24) is 9.47 Å². The van der Waals surface area contributed by atoms with Gasteiger partial charge in [0, 0.05) is 49.3 Å². The normalized spacial score (nSPS) is 22.0. The minimum atomic E-state index is 0. The Balaban J connectivity index is 0.00000156. The third kappa shape index (κ3) is 2.91. The van der Waals surface area contributed by atoms with Crippen LogP contribution in [0.4, 0.5) is 0 Å². The molecule has 1 atom stereocenters. The Labute approximate surface area is 146 Å². The number of Topliss-reactive ketones (excluding diaryl/α,β-unsaturated/α-hetero) is 1. The molecule has 4 nitrogen and oxygen atoms in total. The Morgan fingerprint density at radius 3 is 2.78 bits per heavy atom. The molecule has 2 aromatic rings. The zero-order valence-electron chi connectivity index (χ0n) is 13.2. The predicted molar refractivity (Wildman–Crippen MR) is 96.0 cm³/mol. The van der Waals surface area contributed by atoms with Gasteiger partial charge < -0.3 is 9.30 Å². The van der Waals surface area contributed by atoms with Crippen LogP contribution in [0.5, 0.6) is 0 Å². The molecule has 0 saturated carbocycles. The molecule has 0 aliphatic carbocycles. The van der Waals surface area contributed by atoms with E-state index in [4.69, 9.17) is 4.74 Å². The van der Waals surface area contributed by atoms with E-state index in [9.17, 15) is 4.79 Å². The number of aromatic nitrogens is 1. The van der Waals surface area contributed by atoms with Crippen molar-refractivity contribution in [3.63, 3.8) is 0 Å². The second-order valence-corrected chi connectivity index (χ2v) is 7.05. The van der Waals surface area contributed by atoms with E-state index >= 15 is 0 Å². The van der Waals surface area contributed by atoms with Gasteiger partial charge in [0.15, 0.2) is 5.78 Å². The van der Waals surface area contributed by atoms with Crippen LogP contribution in [-0.2, 0) is 11.8 Å². The number of nitrogens with zero attached hydrogens (tertiary/aromatic N) is 2. The van der Waals surface area contributed by atoms with Crippen LogP contribution in [0.1, 0.15) is 10.4 Å². The van der Waals surface area contributed by atoms with Crippen molar-refractivity contribution in [2.45, 2.75) is 5.03 Å². The lowest BCUT2D eigenvalue weighted by molar-refractivity contribution is 0.0314. The SMILES string of the molecule is Cl.Cn1c2c(c3ccccc31)C(=O)C(CN1CCOCC1)CS2. The molecule has 4 rings (SSSR count). The second-order valence-electron chi connectivity index (χ2n) is 6.04. The molecule has 2 aliphatic rings. The van der Waals surface area contributed by atoms with Gasteiger partial charge in [-0.2, -0.15) is 0 Å². The van der Waals surface area contributed by atoms with Gasteiger partial charge in [0.05, 0.1) is 23.8 Å². The summed E-state index contributed by atoms with van der Waals surface area (Å²) in [5.41, 5.74) is 2.09. The number of aryl methyl sites for hydroxylation is 1. The van der Waals surface area contributed by atoms with E-state index in [1.54, 1.807) is 0 Å². The van der Waals surface area contributed by atoms with Gasteiger partial charge in [-0.1, -0.05) is 18.2 Å². The molecule has 1 unspecified atom stereocenters. The van der Waals surface area contributed by atoms with E-state index in [-0.39, 0.29) is 18.3 Å². The molecule has 0 radical (unpaired) electrons. The van der Waals surface area contributed by atoms with E-state index in [0.717, 1.165) is 60.1 Å². The third-order valence-corrected chi connectivity index (χ3v) is 5.99. The lowest BCUT2D eigenvalue weighted by Gasteiger charge is -2.31. The molecule has 0 spiro atoms. The quantitative estimate of drug-likeness (QED) is 0.832. The number of halogens is 1. The van der Waals surface area contributed by atoms with Crippen molar-refractivity contribution in [3.05, 3.63) is 29.8 Å². The van der Waals surface area contributed by atoms with Gasteiger partial charge in [0.1, 0.15) is 0 Å². The summed E-state index contributed by atoms with van der Waals surface area (Å²) in [5, 5.41) is 2.23. The lowest BCUT2D eigenvalue weighted by atomic mass is 9.97. The summed E-state index contributed by atoms with van der Waals surface area (Å²) in [5.74, 6) is 1.30. The number of para-hydroxylation sites is 1. The Morgan fingerprint density at radius 2 is 2.00 bits per heavy atom. The Hall–Kier alpha value is -1.01. The van der Waals surface area contributed by atoms with E-state index in [1.807, 2.05) is 23.9 Å². The number of ketones is 1. The number of hydrogen-bond donors (Lipinski definition) is 0. The van der Waals surface area contributed by atoms with Crippen LogP contribution in [0, 0.1) is 5.92 Å². The number of rotatable bonds is 2. The highest BCUT2D eigenvalue weighted by atomic mass is 35.5. The van der Waals surface area contributed by atoms with Crippen LogP contribution in [0.25, 0.3) is 10.9 Å². The predicted octanol–water partition coefficient (Wildman–Crippen LogP) is 2.84. The molecule has 1 aromatic heterocycles. The molecule has 1 aromatic carbocycles. The first-order valence-electron chi connectivity index (χ1n) is 7.80. The standard InChI is InChI=1S/C17H20N2O2S.ClH/c1-18-14-5-3-2-4-13(14)15-16(20)12(11-22-17(15)18)10-19-6-8-21-9-7-19;/h2-5,12H,6-11H2,1H3;1H. The van der Waals surface area contributed by atoms with Crippen molar-refractivity contribution < 1.29 is 9.53 Å². The van der Waals surface area contributed by atoms with Crippen LogP contribution in [0.3, 0.4) is 0 Å². The van der Waals surface area contributed by atoms with Crippen molar-refractivity contribution in [3.8, 4) is 0 Å². The van der Waals surface area contributed by atoms with Gasteiger partial charge in [-0.15, -0.1) is 24.2 Å². The fourth-order valence-corrected chi connectivity index (χ4v) is 4.73. The highest BCUT2D eigenvalue weighted by molar-refractivity contribution is 7.99. The Morgan fingerprint density at radius 1 is 1.26 bits per heavy atom. The van der Waals surface area contributed by atoms with Gasteiger partial charge in [-0.25, -0.2) is 0 Å². The smallest absolute Gasteiger partial charge is 0.171 e. The molecular weight excluding hydrogens is 332 g/mol. The fourth-order valence-electron chi connectivity index (χ4n) is 3.47. The van der Waals surface area contributed by atoms with E-state index in [2.05, 4.69) is 28.6 Å². The first-order valence-corrected chi connectivity index (χ1v) is 8.79. The summed E-state index contributed by atoms with van der Waals surface area (Å²) >= 11 is 1.83. The molecule has 124 valence electrons. The summed E-state index contributed by atoms with van der Waals surface area (Å²) < 4.78 is 7.56. The summed E-state index contributed by atoms with van der Waals surface area (Å²) in [7, 11) is 2.06. The zero-order valence-corrected chi connectivity index (χ0v) is 14.8. The molecule has 1 saturated heterocycles. The largest absolute Gasteiger partial charge is 0.379 e. The summed E-state index contributed by atoms with van der Waals surface area (Å²) in [6.45, 7) is 4.31. The maximum atomic E-state index is 13.0. The van der Waals surface area contributed by atoms with Crippen molar-refractivity contribution in [2.24, 2.45) is 13.0 Å². The Kier molecular flexibility index (Phi) is 5.01. The maximum Gasteiger partial charge on any atom is 0.171 e. The van der Waals surface area contributed by atoms with E-state index in [1.165, 1.54) is 0 Å². The lowest BCUT2D eigenvalue weighted by Crippen LogP contribution is -2.42. The van der Waals surface area contributed by atoms with Gasteiger partial charge in [-0.05, 0) is 6.07 Å². The molecule has 6 heteroatoms. The van der Waals surface area contributed by atoms with E-state index in [0.29, 0.717) is 5.78 Å². The van der Waals surface area contributed by atoms with Crippen molar-refractivity contribution in [2.75, 3.05) is 38.6 Å². The van der Waals surface area contributed by atoms with E-state index < -0.39 is 0 Å². The summed E-state index contributed by atoms with van der Waals surface area (Å²) in [6, 6.07) is 8.22. The van der Waals surface area contributed by atoms with Crippen LogP contribution < -0.4 is 0 Å². The van der Waals surface area contributed by atoms with Crippen LogP contribution in [0.15, 0.2) is 29.3 Å². The monoisotopic (exact) mass is 352 g/mol. The van der Waals surface area contributed by atoms with Crippen LogP contribution in [0.2, 0.25) is 0 Å². The number of fused-ring (bicyclic) bond motifs is 3. The molecule has 23 heavy (non-hydrogen) atoms. The van der Waals surface area contributed by atoms with Crippen LogP contribution in [-0.4, -0.2) is 53.9 Å². The molecule has 1 fully saturated rings. The molecule has 0 N–H and O–H groups in total. The first kappa shape index (κ1) is 16.8. The topological polar surface area (TPSA) is 34.5 Å². The van der Waals surface area contributed by atoms with Gasteiger partial charge >= 0.3 is 0 Å². The average molecular weight is 353 g/mol. The van der Waals surface area contributed by atoms with Crippen molar-refractivity contribution in [1.29, 1.82) is 0 Å². The summed E-state index contributed by atoms with van der Waals surface area (Å²) in [6.07, 6.45) is 0. The number of carbonyl (C=O) groups is 1. The highest BCUT2D eigenvalue weighted by Crippen LogP contribution is 2.39. The van der Waals surface area contributed by atoms with Crippen molar-refractivity contribution >= 4 is 40.9 Å². The fraction of sp³-hybridized carbons (Fsp3) is 0.471. The number of morpholine rings is 1. The molecule has 2 aliphatic heterocycles. The number of benzene rings is 1. The van der Waals surface area contributed by atoms with Gasteiger partial charge in [-0.3, -0.25) is 9.69 Å². The molecule has 0 bridgehead atoms. The molecule has 3 heterocycles. The summed E-state index contributed by atoms with van der Waals surface area (Å²) in [4.78, 5) is 15.4. The number of hydrogen-bond acceptors (Lipinski definition) is 4.